The minimum absolute atomic E-state index is 0.0255. The normalized spacial score (nSPS) is 55.4. The quantitative estimate of drug-likeness (QED) is 0.734. The predicted octanol–water partition coefficient (Wildman–Crippen LogP) is 1.46. The molecule has 1 heterocycles. The van der Waals surface area contributed by atoms with Crippen LogP contribution in [0.5, 0.6) is 0 Å². The maximum Gasteiger partial charge on any atom is 0.204 e. The topological polar surface area (TPSA) is 72.8 Å². The molecule has 10 atom stereocenters. The second-order valence-corrected chi connectivity index (χ2v) is 9.00. The molecule has 24 heavy (non-hydrogen) atoms. The Kier molecular flexibility index (Phi) is 3.56. The maximum absolute atomic E-state index is 12.7. The molecular weight excluding hydrogens is 308 g/mol. The van der Waals surface area contributed by atoms with E-state index in [1.165, 1.54) is 0 Å². The molecule has 134 valence electrons. The molecule has 0 aromatic carbocycles. The summed E-state index contributed by atoms with van der Waals surface area (Å²) < 4.78 is 11.9. The van der Waals surface area contributed by atoms with Crippen LogP contribution in [0.2, 0.25) is 0 Å². The van der Waals surface area contributed by atoms with Crippen molar-refractivity contribution in [2.45, 2.75) is 58.5 Å². The maximum atomic E-state index is 12.7. The third-order valence-electron chi connectivity index (χ3n) is 7.82. The van der Waals surface area contributed by atoms with E-state index < -0.39 is 17.9 Å². The smallest absolute Gasteiger partial charge is 0.204 e. The van der Waals surface area contributed by atoms with Gasteiger partial charge < -0.3 is 14.6 Å². The van der Waals surface area contributed by atoms with E-state index in [0.717, 1.165) is 6.42 Å². The van der Waals surface area contributed by atoms with Gasteiger partial charge in [-0.05, 0) is 36.5 Å². The lowest BCUT2D eigenvalue weighted by Crippen LogP contribution is -2.59. The first kappa shape index (κ1) is 16.7. The average molecular weight is 336 g/mol. The number of rotatable bonds is 1. The molecule has 1 saturated heterocycles. The predicted molar refractivity (Wildman–Crippen MR) is 86.2 cm³/mol. The SMILES string of the molecule is COC1CC(C)C2C3O[C@@H](C)C(C)(C)C3C(O)C3C(=O)C(=O)C1C32. The van der Waals surface area contributed by atoms with E-state index in [2.05, 4.69) is 27.7 Å². The number of hydrogen-bond donors (Lipinski definition) is 1. The van der Waals surface area contributed by atoms with Crippen LogP contribution in [0.3, 0.4) is 0 Å². The number of Topliss-reactive ketones (excluding diaryl/α,β-unsaturated/α-hetero) is 2. The molecule has 0 amide bonds. The van der Waals surface area contributed by atoms with Crippen LogP contribution in [0.4, 0.5) is 0 Å². The molecule has 5 heteroatoms. The van der Waals surface area contributed by atoms with Crippen LogP contribution >= 0.6 is 0 Å². The first-order valence-corrected chi connectivity index (χ1v) is 9.16. The average Bonchev–Trinajstić information content (AvgIpc) is 2.90. The van der Waals surface area contributed by atoms with Crippen molar-refractivity contribution in [2.24, 2.45) is 40.9 Å². The number of ketones is 2. The lowest BCUT2D eigenvalue weighted by Gasteiger charge is -2.53. The number of methoxy groups -OCH3 is 1. The van der Waals surface area contributed by atoms with Gasteiger partial charge in [-0.25, -0.2) is 0 Å². The van der Waals surface area contributed by atoms with Gasteiger partial charge in [0.2, 0.25) is 11.6 Å². The summed E-state index contributed by atoms with van der Waals surface area (Å²) in [5, 5.41) is 11.1. The molecule has 4 aliphatic rings. The number of ether oxygens (including phenoxy) is 2. The van der Waals surface area contributed by atoms with Crippen molar-refractivity contribution in [3.63, 3.8) is 0 Å². The summed E-state index contributed by atoms with van der Waals surface area (Å²) in [6.07, 6.45) is -0.317. The zero-order valence-electron chi connectivity index (χ0n) is 15.1. The van der Waals surface area contributed by atoms with Crippen molar-refractivity contribution in [3.8, 4) is 0 Å². The molecule has 0 spiro atoms. The van der Waals surface area contributed by atoms with Gasteiger partial charge in [-0.15, -0.1) is 0 Å². The summed E-state index contributed by atoms with van der Waals surface area (Å²) in [4.78, 5) is 25.4. The van der Waals surface area contributed by atoms with Gasteiger partial charge >= 0.3 is 0 Å². The largest absolute Gasteiger partial charge is 0.392 e. The van der Waals surface area contributed by atoms with Gasteiger partial charge in [0, 0.05) is 13.0 Å². The molecular formula is C19H28O5. The molecule has 1 aliphatic heterocycles. The molecule has 4 rings (SSSR count). The summed E-state index contributed by atoms with van der Waals surface area (Å²) >= 11 is 0. The molecule has 0 radical (unpaired) electrons. The Bertz CT molecular complexity index is 584. The van der Waals surface area contributed by atoms with Crippen molar-refractivity contribution in [3.05, 3.63) is 0 Å². The molecule has 0 aromatic heterocycles. The van der Waals surface area contributed by atoms with Gasteiger partial charge in [-0.1, -0.05) is 20.8 Å². The highest BCUT2D eigenvalue weighted by Gasteiger charge is 2.70. The molecule has 3 aliphatic carbocycles. The summed E-state index contributed by atoms with van der Waals surface area (Å²) in [6, 6.07) is 0. The zero-order chi connectivity index (χ0) is 17.5. The molecule has 1 N–H and O–H groups in total. The number of aliphatic hydroxyl groups is 1. The van der Waals surface area contributed by atoms with Crippen LogP contribution in [0.15, 0.2) is 0 Å². The van der Waals surface area contributed by atoms with Gasteiger partial charge in [-0.2, -0.15) is 0 Å². The van der Waals surface area contributed by atoms with Gasteiger partial charge in [-0.3, -0.25) is 9.59 Å². The molecule has 5 nitrogen and oxygen atoms in total. The van der Waals surface area contributed by atoms with Crippen molar-refractivity contribution in [2.75, 3.05) is 7.11 Å². The lowest BCUT2D eigenvalue weighted by atomic mass is 9.52. The van der Waals surface area contributed by atoms with Gasteiger partial charge in [0.05, 0.1) is 36.3 Å². The van der Waals surface area contributed by atoms with Gasteiger partial charge in [0.25, 0.3) is 0 Å². The first-order chi connectivity index (χ1) is 11.2. The summed E-state index contributed by atoms with van der Waals surface area (Å²) in [6.45, 7) is 8.44. The van der Waals surface area contributed by atoms with Crippen LogP contribution in [0.25, 0.3) is 0 Å². The van der Waals surface area contributed by atoms with E-state index >= 15 is 0 Å². The number of carbonyl (C=O) groups is 2. The summed E-state index contributed by atoms with van der Waals surface area (Å²) in [5.41, 5.74) is -0.214. The summed E-state index contributed by atoms with van der Waals surface area (Å²) in [5.74, 6) is -1.51. The highest BCUT2D eigenvalue weighted by atomic mass is 16.5. The second-order valence-electron chi connectivity index (χ2n) is 9.00. The molecule has 4 fully saturated rings. The van der Waals surface area contributed by atoms with Crippen LogP contribution in [0.1, 0.15) is 34.1 Å². The summed E-state index contributed by atoms with van der Waals surface area (Å²) in [7, 11) is 1.61. The standard InChI is InChI=1S/C19H28O5/c1-7-6-9(23-5)11-12-10(7)18-14(19(3,4)8(2)24-18)15(20)13(12)17(22)16(11)21/h7-15,18,20H,6H2,1-5H3/t7?,8-,9?,10?,11?,12?,13?,14?,15?,18?/m0/s1. The zero-order valence-corrected chi connectivity index (χ0v) is 15.1. The Morgan fingerprint density at radius 2 is 1.75 bits per heavy atom. The van der Waals surface area contributed by atoms with Crippen molar-refractivity contribution < 1.29 is 24.2 Å². The van der Waals surface area contributed by atoms with Crippen molar-refractivity contribution in [1.29, 1.82) is 0 Å². The van der Waals surface area contributed by atoms with E-state index in [1.807, 2.05) is 0 Å². The Balaban J connectivity index is 1.83. The molecule has 3 saturated carbocycles. The minimum Gasteiger partial charge on any atom is -0.392 e. The number of carbonyl (C=O) groups excluding carboxylic acids is 2. The third-order valence-corrected chi connectivity index (χ3v) is 7.82. The van der Waals surface area contributed by atoms with E-state index in [9.17, 15) is 14.7 Å². The van der Waals surface area contributed by atoms with E-state index in [4.69, 9.17) is 9.47 Å². The fourth-order valence-electron chi connectivity index (χ4n) is 6.39. The van der Waals surface area contributed by atoms with E-state index in [0.29, 0.717) is 5.92 Å². The Hall–Kier alpha value is -0.780. The van der Waals surface area contributed by atoms with E-state index in [-0.39, 0.29) is 53.0 Å². The first-order valence-electron chi connectivity index (χ1n) is 9.16. The number of hydrogen-bond acceptors (Lipinski definition) is 5. The van der Waals surface area contributed by atoms with Crippen LogP contribution in [0, 0.1) is 40.9 Å². The van der Waals surface area contributed by atoms with E-state index in [1.54, 1.807) is 7.11 Å². The molecule has 9 unspecified atom stereocenters. The molecule has 0 aromatic rings. The fourth-order valence-corrected chi connectivity index (χ4v) is 6.39. The Labute approximate surface area is 143 Å². The number of aliphatic hydroxyl groups excluding tert-OH is 1. The van der Waals surface area contributed by atoms with Crippen LogP contribution < -0.4 is 0 Å². The Morgan fingerprint density at radius 1 is 1.12 bits per heavy atom. The molecule has 0 bridgehead atoms. The number of fused-ring (bicyclic) bond motifs is 2. The van der Waals surface area contributed by atoms with Gasteiger partial charge in [0.1, 0.15) is 0 Å². The second kappa shape index (κ2) is 5.12. The van der Waals surface area contributed by atoms with Gasteiger partial charge in [0.15, 0.2) is 0 Å². The van der Waals surface area contributed by atoms with Crippen LogP contribution in [-0.4, -0.2) is 48.2 Å². The lowest BCUT2D eigenvalue weighted by molar-refractivity contribution is -0.167. The monoisotopic (exact) mass is 336 g/mol. The minimum atomic E-state index is -0.805. The van der Waals surface area contributed by atoms with Crippen LogP contribution in [-0.2, 0) is 19.1 Å². The fraction of sp³-hybridized carbons (Fsp3) is 0.895. The third kappa shape index (κ3) is 1.81. The van der Waals surface area contributed by atoms with Crippen molar-refractivity contribution in [1.82, 2.24) is 0 Å². The van der Waals surface area contributed by atoms with Crippen molar-refractivity contribution >= 4 is 11.6 Å². The highest BCUT2D eigenvalue weighted by Crippen LogP contribution is 2.62. The Morgan fingerprint density at radius 3 is 2.38 bits per heavy atom. The highest BCUT2D eigenvalue weighted by molar-refractivity contribution is 6.41.